The lowest BCUT2D eigenvalue weighted by Gasteiger charge is -1.98. The fourth-order valence-electron chi connectivity index (χ4n) is 1.97. The maximum absolute atomic E-state index is 10.8. The van der Waals surface area contributed by atoms with Crippen molar-refractivity contribution in [1.82, 2.24) is 9.55 Å². The monoisotopic (exact) mass is 201 g/mol. The first kappa shape index (κ1) is 8.16. The molecule has 1 aliphatic rings. The molecule has 74 valence electrons. The Hall–Kier alpha value is -2.17. The van der Waals surface area contributed by atoms with Crippen LogP contribution < -0.4 is 0 Å². The number of hydrogen-bond donors (Lipinski definition) is 0. The first-order valence-electron chi connectivity index (χ1n) is 4.55. The summed E-state index contributed by atoms with van der Waals surface area (Å²) < 4.78 is 1.91. The minimum atomic E-state index is -0.342. The Morgan fingerprint density at radius 2 is 2.33 bits per heavy atom. The number of imidazole rings is 1. The molecule has 2 heterocycles. The Balaban J connectivity index is 2.28. The van der Waals surface area contributed by atoms with Crippen LogP contribution in [0, 0.1) is 10.1 Å². The van der Waals surface area contributed by atoms with Crippen molar-refractivity contribution in [3.8, 4) is 11.4 Å². The van der Waals surface area contributed by atoms with Gasteiger partial charge in [0.2, 0.25) is 0 Å². The van der Waals surface area contributed by atoms with Crippen molar-refractivity contribution in [3.05, 3.63) is 46.3 Å². The molecule has 0 spiro atoms. The summed E-state index contributed by atoms with van der Waals surface area (Å²) in [5.74, 6) is 0.814. The smallest absolute Gasteiger partial charge is 0.275 e. The molecule has 5 nitrogen and oxygen atoms in total. The van der Waals surface area contributed by atoms with Crippen LogP contribution in [0.3, 0.4) is 0 Å². The van der Waals surface area contributed by atoms with Crippen molar-refractivity contribution < 1.29 is 4.92 Å². The lowest BCUT2D eigenvalue weighted by atomic mass is 10.1. The summed E-state index contributed by atoms with van der Waals surface area (Å²) >= 11 is 0. The Bertz CT molecular complexity index is 560. The zero-order valence-corrected chi connectivity index (χ0v) is 7.75. The van der Waals surface area contributed by atoms with Gasteiger partial charge in [-0.1, -0.05) is 12.1 Å². The van der Waals surface area contributed by atoms with E-state index in [4.69, 9.17) is 0 Å². The van der Waals surface area contributed by atoms with Crippen molar-refractivity contribution in [1.29, 1.82) is 0 Å². The highest BCUT2D eigenvalue weighted by atomic mass is 16.6. The predicted molar refractivity (Wildman–Crippen MR) is 53.4 cm³/mol. The number of fused-ring (bicyclic) bond motifs is 3. The third-order valence-electron chi connectivity index (χ3n) is 2.63. The first-order chi connectivity index (χ1) is 7.27. The molecule has 0 fully saturated rings. The van der Waals surface area contributed by atoms with Crippen LogP contribution in [0.1, 0.15) is 5.56 Å². The lowest BCUT2D eigenvalue weighted by Crippen LogP contribution is -1.96. The molecule has 5 heteroatoms. The van der Waals surface area contributed by atoms with E-state index in [0.29, 0.717) is 6.54 Å². The minimum absolute atomic E-state index is 0.179. The van der Waals surface area contributed by atoms with E-state index in [2.05, 4.69) is 4.98 Å². The van der Waals surface area contributed by atoms with E-state index in [0.717, 1.165) is 17.0 Å². The molecule has 0 atom stereocenters. The topological polar surface area (TPSA) is 61.0 Å². The van der Waals surface area contributed by atoms with E-state index in [-0.39, 0.29) is 10.6 Å². The van der Waals surface area contributed by atoms with Gasteiger partial charge in [0.15, 0.2) is 0 Å². The fourth-order valence-corrected chi connectivity index (χ4v) is 1.97. The average Bonchev–Trinajstić information content (AvgIpc) is 2.75. The summed E-state index contributed by atoms with van der Waals surface area (Å²) in [6.45, 7) is 0.543. The summed E-state index contributed by atoms with van der Waals surface area (Å²) in [5.41, 5.74) is 1.80. The van der Waals surface area contributed by atoms with Crippen LogP contribution in [0.25, 0.3) is 11.4 Å². The summed E-state index contributed by atoms with van der Waals surface area (Å²) in [7, 11) is 0. The van der Waals surface area contributed by atoms with Gasteiger partial charge in [-0.15, -0.1) is 0 Å². The van der Waals surface area contributed by atoms with Crippen LogP contribution in [0.15, 0.2) is 30.6 Å². The second kappa shape index (κ2) is 2.66. The zero-order chi connectivity index (χ0) is 10.4. The number of hydrogen-bond acceptors (Lipinski definition) is 3. The van der Waals surface area contributed by atoms with E-state index in [1.807, 2.05) is 16.8 Å². The summed E-state index contributed by atoms with van der Waals surface area (Å²) in [6, 6.07) is 5.10. The van der Waals surface area contributed by atoms with Crippen LogP contribution in [0.2, 0.25) is 0 Å². The van der Waals surface area contributed by atoms with Crippen molar-refractivity contribution in [2.45, 2.75) is 6.54 Å². The molecule has 15 heavy (non-hydrogen) atoms. The Labute approximate surface area is 85.1 Å². The molecule has 0 N–H and O–H groups in total. The number of rotatable bonds is 1. The van der Waals surface area contributed by atoms with Gasteiger partial charge >= 0.3 is 0 Å². The van der Waals surface area contributed by atoms with Crippen LogP contribution in [-0.4, -0.2) is 14.5 Å². The normalized spacial score (nSPS) is 12.3. The second-order valence-corrected chi connectivity index (χ2v) is 3.44. The molecule has 0 saturated carbocycles. The highest BCUT2D eigenvalue weighted by Crippen LogP contribution is 2.35. The molecular weight excluding hydrogens is 194 g/mol. The number of nitro groups is 1. The maximum atomic E-state index is 10.8. The first-order valence-corrected chi connectivity index (χ1v) is 4.55. The molecule has 3 rings (SSSR count). The molecule has 0 bridgehead atoms. The van der Waals surface area contributed by atoms with E-state index in [1.54, 1.807) is 12.3 Å². The number of nitrogens with zero attached hydrogens (tertiary/aromatic N) is 3. The molecule has 0 radical (unpaired) electrons. The standard InChI is InChI=1S/C10H7N3O2/c14-13(15)9-3-1-2-7-8(9)6-12-5-4-11-10(7)12/h1-5H,6H2. The summed E-state index contributed by atoms with van der Waals surface area (Å²) in [6.07, 6.45) is 3.54. The zero-order valence-electron chi connectivity index (χ0n) is 7.75. The average molecular weight is 201 g/mol. The van der Waals surface area contributed by atoms with Crippen molar-refractivity contribution in [2.24, 2.45) is 0 Å². The van der Waals surface area contributed by atoms with Gasteiger partial charge in [0.25, 0.3) is 5.69 Å². The van der Waals surface area contributed by atoms with Crippen molar-refractivity contribution >= 4 is 5.69 Å². The van der Waals surface area contributed by atoms with Crippen LogP contribution in [0.5, 0.6) is 0 Å². The van der Waals surface area contributed by atoms with E-state index in [9.17, 15) is 10.1 Å². The molecule has 0 amide bonds. The SMILES string of the molecule is O=[N+]([O-])c1cccc2c1Cn1ccnc1-2. The van der Waals surface area contributed by atoms with Crippen molar-refractivity contribution in [2.75, 3.05) is 0 Å². The molecule has 1 aliphatic heterocycles. The molecule has 0 aliphatic carbocycles. The van der Waals surface area contributed by atoms with Gasteiger partial charge < -0.3 is 4.57 Å². The molecular formula is C10H7N3O2. The fraction of sp³-hybridized carbons (Fsp3) is 0.100. The van der Waals surface area contributed by atoms with Gasteiger partial charge in [-0.25, -0.2) is 4.98 Å². The minimum Gasteiger partial charge on any atom is -0.326 e. The summed E-state index contributed by atoms with van der Waals surface area (Å²) in [4.78, 5) is 14.6. The van der Waals surface area contributed by atoms with Crippen molar-refractivity contribution in [3.63, 3.8) is 0 Å². The van der Waals surface area contributed by atoms with Gasteiger partial charge in [-0.2, -0.15) is 0 Å². The van der Waals surface area contributed by atoms with Gasteiger partial charge in [0, 0.05) is 24.0 Å². The Kier molecular flexibility index (Phi) is 1.45. The van der Waals surface area contributed by atoms with Gasteiger partial charge in [-0.05, 0) is 0 Å². The van der Waals surface area contributed by atoms with Crippen LogP contribution in [0.4, 0.5) is 5.69 Å². The molecule has 2 aromatic rings. The quantitative estimate of drug-likeness (QED) is 0.445. The van der Waals surface area contributed by atoms with Gasteiger partial charge in [-0.3, -0.25) is 10.1 Å². The highest BCUT2D eigenvalue weighted by Gasteiger charge is 2.26. The molecule has 0 unspecified atom stereocenters. The third-order valence-corrected chi connectivity index (χ3v) is 2.63. The van der Waals surface area contributed by atoms with Crippen LogP contribution >= 0.6 is 0 Å². The van der Waals surface area contributed by atoms with Crippen LogP contribution in [-0.2, 0) is 6.54 Å². The molecule has 0 saturated heterocycles. The molecule has 1 aromatic carbocycles. The Morgan fingerprint density at radius 3 is 3.13 bits per heavy atom. The maximum Gasteiger partial charge on any atom is 0.275 e. The Morgan fingerprint density at radius 1 is 1.47 bits per heavy atom. The lowest BCUT2D eigenvalue weighted by molar-refractivity contribution is -0.385. The molecule has 1 aromatic heterocycles. The van der Waals surface area contributed by atoms with E-state index in [1.165, 1.54) is 6.07 Å². The van der Waals surface area contributed by atoms with E-state index >= 15 is 0 Å². The van der Waals surface area contributed by atoms with Gasteiger partial charge in [0.05, 0.1) is 17.0 Å². The second-order valence-electron chi connectivity index (χ2n) is 3.44. The number of aromatic nitrogens is 2. The predicted octanol–water partition coefficient (Wildman–Crippen LogP) is 1.82. The number of benzene rings is 1. The number of nitro benzene ring substituents is 1. The highest BCUT2D eigenvalue weighted by molar-refractivity contribution is 5.70. The summed E-state index contributed by atoms with van der Waals surface area (Å²) in [5, 5.41) is 10.8. The van der Waals surface area contributed by atoms with E-state index < -0.39 is 0 Å². The third kappa shape index (κ3) is 0.999. The largest absolute Gasteiger partial charge is 0.326 e. The van der Waals surface area contributed by atoms with Gasteiger partial charge in [0.1, 0.15) is 5.82 Å².